The van der Waals surface area contributed by atoms with Crippen LogP contribution < -0.4 is 5.32 Å². The Balaban J connectivity index is 1.27. The van der Waals surface area contributed by atoms with Gasteiger partial charge in [-0.2, -0.15) is 15.1 Å². The van der Waals surface area contributed by atoms with Crippen molar-refractivity contribution in [3.63, 3.8) is 0 Å². The second kappa shape index (κ2) is 8.81. The van der Waals surface area contributed by atoms with E-state index < -0.39 is 6.10 Å². The molecule has 1 aromatic carbocycles. The number of aliphatic hydroxyl groups excluding tert-OH is 1. The van der Waals surface area contributed by atoms with Crippen LogP contribution in [0.25, 0.3) is 16.7 Å². The summed E-state index contributed by atoms with van der Waals surface area (Å²) in [5.41, 5.74) is 5.37. The number of nitrogens with zero attached hydrogens (tertiary/aromatic N) is 6. The lowest BCUT2D eigenvalue weighted by atomic mass is 10.1. The number of rotatable bonds is 7. The predicted octanol–water partition coefficient (Wildman–Crippen LogP) is 3.22. The Bertz CT molecular complexity index is 1470. The largest absolute Gasteiger partial charge is 0.389 e. The van der Waals surface area contributed by atoms with E-state index in [9.17, 15) is 9.90 Å². The van der Waals surface area contributed by atoms with Crippen molar-refractivity contribution in [2.45, 2.75) is 39.3 Å². The van der Waals surface area contributed by atoms with E-state index in [1.807, 2.05) is 56.1 Å². The number of carbonyl (C=O) groups excluding carboxylic acids is 1. The van der Waals surface area contributed by atoms with E-state index in [4.69, 9.17) is 9.82 Å². The lowest BCUT2D eigenvalue weighted by Crippen LogP contribution is -2.20. The first-order chi connectivity index (χ1) is 17.4. The van der Waals surface area contributed by atoms with Gasteiger partial charge in [-0.1, -0.05) is 0 Å². The molecule has 4 aromatic rings. The number of aryl methyl sites for hydroxylation is 3. The van der Waals surface area contributed by atoms with Gasteiger partial charge in [0.1, 0.15) is 0 Å². The van der Waals surface area contributed by atoms with Crippen molar-refractivity contribution >= 4 is 28.3 Å². The average Bonchev–Trinajstić information content (AvgIpc) is 3.43. The number of benzene rings is 1. The van der Waals surface area contributed by atoms with Crippen LogP contribution in [0.1, 0.15) is 40.0 Å². The molecule has 2 fully saturated rings. The smallest absolute Gasteiger partial charge is 0.229 e. The SMILES string of the molecule is Cc1cnc(Nc2ccc3c(c2)c(C(=O)C2CC2)cn3C)nc1-n1cc(CN2CC(O)CO2)c(C)n1. The summed E-state index contributed by atoms with van der Waals surface area (Å²) in [4.78, 5) is 27.5. The fourth-order valence-corrected chi connectivity index (χ4v) is 4.68. The number of anilines is 2. The molecule has 1 saturated carbocycles. The minimum Gasteiger partial charge on any atom is -0.389 e. The van der Waals surface area contributed by atoms with Gasteiger partial charge in [0.25, 0.3) is 0 Å². The molecule has 1 aliphatic carbocycles. The highest BCUT2D eigenvalue weighted by Crippen LogP contribution is 2.36. The maximum Gasteiger partial charge on any atom is 0.229 e. The first kappa shape index (κ1) is 22.8. The molecule has 1 atom stereocenters. The number of hydrogen-bond donors (Lipinski definition) is 2. The van der Waals surface area contributed by atoms with E-state index in [1.54, 1.807) is 15.9 Å². The number of β-amino-alcohol motifs (C(OH)–C–C–N with tert-alkyl or cyclic N) is 1. The van der Waals surface area contributed by atoms with Crippen molar-refractivity contribution in [2.75, 3.05) is 18.5 Å². The molecule has 6 rings (SSSR count). The maximum absolute atomic E-state index is 12.8. The van der Waals surface area contributed by atoms with Gasteiger partial charge >= 0.3 is 0 Å². The molecule has 2 N–H and O–H groups in total. The first-order valence-electron chi connectivity index (χ1n) is 12.2. The van der Waals surface area contributed by atoms with Crippen molar-refractivity contribution in [2.24, 2.45) is 13.0 Å². The number of ketones is 1. The second-order valence-corrected chi connectivity index (χ2v) is 9.81. The van der Waals surface area contributed by atoms with Gasteiger partial charge in [0, 0.05) is 64.8 Å². The van der Waals surface area contributed by atoms with Crippen molar-refractivity contribution in [3.05, 3.63) is 59.2 Å². The highest BCUT2D eigenvalue weighted by atomic mass is 16.7. The summed E-state index contributed by atoms with van der Waals surface area (Å²) in [6.07, 6.45) is 7.14. The van der Waals surface area contributed by atoms with Crippen molar-refractivity contribution in [3.8, 4) is 5.82 Å². The van der Waals surface area contributed by atoms with E-state index in [1.165, 1.54) is 0 Å². The molecule has 4 heterocycles. The zero-order valence-electron chi connectivity index (χ0n) is 20.6. The van der Waals surface area contributed by atoms with Crippen LogP contribution in [-0.4, -0.2) is 59.5 Å². The molecule has 3 aromatic heterocycles. The summed E-state index contributed by atoms with van der Waals surface area (Å²) < 4.78 is 3.76. The molecule has 10 heteroatoms. The summed E-state index contributed by atoms with van der Waals surface area (Å²) in [6.45, 7) is 5.23. The van der Waals surface area contributed by atoms with E-state index in [-0.39, 0.29) is 11.7 Å². The predicted molar refractivity (Wildman–Crippen MR) is 134 cm³/mol. The Labute approximate surface area is 208 Å². The van der Waals surface area contributed by atoms with Crippen LogP contribution in [0.15, 0.2) is 36.8 Å². The van der Waals surface area contributed by atoms with Gasteiger partial charge in [0.2, 0.25) is 5.95 Å². The molecule has 1 saturated heterocycles. The minimum absolute atomic E-state index is 0.166. The number of hydroxylamine groups is 2. The van der Waals surface area contributed by atoms with E-state index in [0.717, 1.165) is 51.8 Å². The quantitative estimate of drug-likeness (QED) is 0.383. The van der Waals surface area contributed by atoms with Crippen molar-refractivity contribution in [1.82, 2.24) is 29.4 Å². The van der Waals surface area contributed by atoms with Gasteiger partial charge in [-0.3, -0.25) is 9.63 Å². The Hall–Kier alpha value is -3.60. The van der Waals surface area contributed by atoms with Crippen molar-refractivity contribution in [1.29, 1.82) is 0 Å². The second-order valence-electron chi connectivity index (χ2n) is 9.81. The van der Waals surface area contributed by atoms with Gasteiger partial charge in [0.15, 0.2) is 11.6 Å². The Kier molecular flexibility index (Phi) is 5.59. The summed E-state index contributed by atoms with van der Waals surface area (Å²) in [5.74, 6) is 1.52. The molecule has 36 heavy (non-hydrogen) atoms. The standard InChI is InChI=1S/C26H29N7O3/c1-15-9-27-26(29-25(15)33-11-18(16(2)30-33)10-32-12-20(34)14-36-32)28-19-6-7-23-21(8-19)22(13-31(23)3)24(35)17-4-5-17/h6-9,11,13,17,20,34H,4-5,10,12,14H2,1-3H3,(H,27,28,29). The van der Waals surface area contributed by atoms with Gasteiger partial charge in [-0.25, -0.2) is 9.67 Å². The zero-order chi connectivity index (χ0) is 25.0. The summed E-state index contributed by atoms with van der Waals surface area (Å²) in [6, 6.07) is 5.97. The number of fused-ring (bicyclic) bond motifs is 1. The zero-order valence-corrected chi connectivity index (χ0v) is 20.6. The first-order valence-corrected chi connectivity index (χ1v) is 12.2. The van der Waals surface area contributed by atoms with Crippen LogP contribution in [0.2, 0.25) is 0 Å². The van der Waals surface area contributed by atoms with E-state index in [2.05, 4.69) is 15.4 Å². The van der Waals surface area contributed by atoms with E-state index in [0.29, 0.717) is 31.5 Å². The third kappa shape index (κ3) is 4.27. The normalized spacial score (nSPS) is 18.3. The molecule has 0 amide bonds. The Morgan fingerprint density at radius 2 is 2.08 bits per heavy atom. The lowest BCUT2D eigenvalue weighted by molar-refractivity contribution is -0.118. The fraction of sp³-hybridized carbons (Fsp3) is 0.385. The molecule has 10 nitrogen and oxygen atoms in total. The molecule has 0 radical (unpaired) electrons. The monoisotopic (exact) mass is 487 g/mol. The molecular formula is C26H29N7O3. The number of nitrogens with one attached hydrogen (secondary N) is 1. The molecule has 186 valence electrons. The van der Waals surface area contributed by atoms with Crippen LogP contribution >= 0.6 is 0 Å². The van der Waals surface area contributed by atoms with Crippen LogP contribution in [-0.2, 0) is 18.4 Å². The summed E-state index contributed by atoms with van der Waals surface area (Å²) in [7, 11) is 1.97. The molecule has 1 aliphatic heterocycles. The van der Waals surface area contributed by atoms with Crippen molar-refractivity contribution < 1.29 is 14.7 Å². The Morgan fingerprint density at radius 1 is 1.25 bits per heavy atom. The van der Waals surface area contributed by atoms with Crippen LogP contribution in [0.4, 0.5) is 11.6 Å². The summed E-state index contributed by atoms with van der Waals surface area (Å²) in [5, 5.41) is 20.4. The average molecular weight is 488 g/mol. The van der Waals surface area contributed by atoms with Gasteiger partial charge < -0.3 is 15.0 Å². The molecule has 0 bridgehead atoms. The topological polar surface area (TPSA) is 110 Å². The maximum atomic E-state index is 12.8. The van der Waals surface area contributed by atoms with Gasteiger partial charge in [0.05, 0.1) is 31.5 Å². The fourth-order valence-electron chi connectivity index (χ4n) is 4.68. The summed E-state index contributed by atoms with van der Waals surface area (Å²) >= 11 is 0. The highest BCUT2D eigenvalue weighted by molar-refractivity contribution is 6.10. The molecule has 1 unspecified atom stereocenters. The van der Waals surface area contributed by atoms with E-state index >= 15 is 0 Å². The third-order valence-corrected chi connectivity index (χ3v) is 6.83. The number of aromatic nitrogens is 5. The minimum atomic E-state index is -0.462. The molecular weight excluding hydrogens is 458 g/mol. The molecule has 0 spiro atoms. The number of carbonyl (C=O) groups is 1. The van der Waals surface area contributed by atoms with Gasteiger partial charge in [-0.15, -0.1) is 0 Å². The third-order valence-electron chi connectivity index (χ3n) is 6.83. The van der Waals surface area contributed by atoms with Crippen LogP contribution in [0.5, 0.6) is 0 Å². The van der Waals surface area contributed by atoms with Gasteiger partial charge in [-0.05, 0) is 44.9 Å². The highest BCUT2D eigenvalue weighted by Gasteiger charge is 2.32. The van der Waals surface area contributed by atoms with Crippen LogP contribution in [0, 0.1) is 19.8 Å². The Morgan fingerprint density at radius 3 is 2.83 bits per heavy atom. The van der Waals surface area contributed by atoms with Crippen LogP contribution in [0.3, 0.4) is 0 Å². The number of Topliss-reactive ketones (excluding diaryl/α,β-unsaturated/α-hetero) is 1. The molecule has 2 aliphatic rings. The lowest BCUT2D eigenvalue weighted by Gasteiger charge is -2.12. The number of hydrogen-bond acceptors (Lipinski definition) is 8. The number of aliphatic hydroxyl groups is 1.